The fraction of sp³-hybridized carbons (Fsp3) is 0.548. The molecule has 4 unspecified atom stereocenters. The minimum absolute atomic E-state index is 0. The summed E-state index contributed by atoms with van der Waals surface area (Å²) in [6.07, 6.45) is 7.42. The minimum atomic E-state index is -4.41. The van der Waals surface area contributed by atoms with Crippen LogP contribution in [0, 0.1) is 5.92 Å². The Hall–Kier alpha value is -0.480. The molecule has 12 nitrogen and oxygen atoms in total. The van der Waals surface area contributed by atoms with Crippen molar-refractivity contribution >= 4 is 54.2 Å². The summed E-state index contributed by atoms with van der Waals surface area (Å²) in [5.41, 5.74) is -0.141. The summed E-state index contributed by atoms with van der Waals surface area (Å²) in [6.45, 7) is 5.47. The number of hydrogen-bond donors (Lipinski definition) is 2. The number of rotatable bonds is 19. The maximum absolute atomic E-state index is 12.6. The Kier molecular flexibility index (Phi) is 26.3. The van der Waals surface area contributed by atoms with Crippen LogP contribution in [0.3, 0.4) is 0 Å². The third kappa shape index (κ3) is 19.8. The van der Waals surface area contributed by atoms with E-state index in [1.165, 1.54) is 62.8 Å². The first-order valence-corrected chi connectivity index (χ1v) is 18.8. The first kappa shape index (κ1) is 50.6. The fourth-order valence-corrected chi connectivity index (χ4v) is 6.84. The summed E-state index contributed by atoms with van der Waals surface area (Å²) < 4.78 is 84.8. The first-order valence-electron chi connectivity index (χ1n) is 15.3. The number of hydrogen-bond acceptors (Lipinski definition) is 10. The molecule has 2 aromatic carbocycles. The molecule has 0 aromatic heterocycles. The van der Waals surface area contributed by atoms with Crippen LogP contribution in [0.4, 0.5) is 9.59 Å². The maximum atomic E-state index is 12.6. The molecule has 0 saturated heterocycles. The number of unbranched alkanes of at least 4 members (excludes halogenated alkanes) is 8. The smallest absolute Gasteiger partial charge is 1.00 e. The molecule has 0 aliphatic rings. The summed E-state index contributed by atoms with van der Waals surface area (Å²) in [6, 6.07) is 9.08. The van der Waals surface area contributed by atoms with Crippen molar-refractivity contribution in [2.45, 2.75) is 113 Å². The predicted molar refractivity (Wildman–Crippen MR) is 184 cm³/mol. The molecule has 0 fully saturated rings. The first-order chi connectivity index (χ1) is 21.6. The van der Waals surface area contributed by atoms with Gasteiger partial charge in [0.05, 0.1) is 9.79 Å². The summed E-state index contributed by atoms with van der Waals surface area (Å²) >= 11 is 0. The van der Waals surface area contributed by atoms with Gasteiger partial charge in [0.15, 0.2) is 0 Å². The normalized spacial score (nSPS) is 13.6. The molecule has 0 aliphatic heterocycles. The van der Waals surface area contributed by atoms with Crippen molar-refractivity contribution in [2.75, 3.05) is 0 Å². The largest absolute Gasteiger partial charge is 1.00 e. The van der Waals surface area contributed by atoms with Gasteiger partial charge in [-0.2, -0.15) is 16.8 Å². The fourth-order valence-electron chi connectivity index (χ4n) is 5.02. The standard InChI is InChI=1S/C31H45O12PS2.ClH.2Na.2H/c1-4-5-6-7-8-9-10-11-12-13-28(44)29(22(2)40-30(32)42-24-14-18-26(19-15-24)45(34,35)36)23(3)41-31(33)43-25-16-20-27(21-17-25)46(37,38)39;;;;;/h14-23,28-29H,4-13,44H2,1-3H3,(H,34,35,36)(H,37,38,39);1H;;;;/q;;2*+1;2*-1. The molecule has 2 aromatic rings. The summed E-state index contributed by atoms with van der Waals surface area (Å²) in [7, 11) is -6.08. The van der Waals surface area contributed by atoms with Gasteiger partial charge in [-0.25, -0.2) is 9.59 Å². The van der Waals surface area contributed by atoms with Crippen molar-refractivity contribution in [3.63, 3.8) is 0 Å². The second-order valence-corrected chi connectivity index (χ2v) is 14.8. The van der Waals surface area contributed by atoms with Gasteiger partial charge in [-0.3, -0.25) is 9.11 Å². The Morgan fingerprint density at radius 2 is 1.00 bits per heavy atom. The van der Waals surface area contributed by atoms with E-state index in [0.717, 1.165) is 49.9 Å². The zero-order valence-electron chi connectivity index (χ0n) is 30.8. The van der Waals surface area contributed by atoms with E-state index in [0.29, 0.717) is 0 Å². The quantitative estimate of drug-likeness (QED) is 0.0530. The summed E-state index contributed by atoms with van der Waals surface area (Å²) in [5.74, 6) is -0.528. The van der Waals surface area contributed by atoms with Crippen LogP contribution in [0.2, 0.25) is 0 Å². The third-order valence-electron chi connectivity index (χ3n) is 7.43. The van der Waals surface area contributed by atoms with E-state index >= 15 is 0 Å². The topological polar surface area (TPSA) is 180 Å². The van der Waals surface area contributed by atoms with Crippen LogP contribution in [0.15, 0.2) is 58.3 Å². The van der Waals surface area contributed by atoms with Gasteiger partial charge in [-0.1, -0.05) is 64.7 Å². The van der Waals surface area contributed by atoms with Gasteiger partial charge < -0.3 is 21.8 Å². The van der Waals surface area contributed by atoms with E-state index in [1.54, 1.807) is 13.8 Å². The molecule has 2 rings (SSSR count). The van der Waals surface area contributed by atoms with Crippen LogP contribution in [-0.2, 0) is 29.7 Å². The van der Waals surface area contributed by atoms with E-state index in [1.807, 2.05) is 0 Å². The van der Waals surface area contributed by atoms with Gasteiger partial charge >= 0.3 is 71.4 Å². The Labute approximate surface area is 346 Å². The molecule has 4 atom stereocenters. The van der Waals surface area contributed by atoms with E-state index < -0.39 is 50.7 Å². The molecule has 2 N–H and O–H groups in total. The van der Waals surface area contributed by atoms with E-state index in [-0.39, 0.29) is 101 Å². The van der Waals surface area contributed by atoms with Crippen molar-refractivity contribution in [1.82, 2.24) is 0 Å². The molecule has 49 heavy (non-hydrogen) atoms. The molecular formula is C31H48ClNa2O12PS2. The zero-order valence-corrected chi connectivity index (χ0v) is 36.4. The summed E-state index contributed by atoms with van der Waals surface area (Å²) in [4.78, 5) is 24.5. The molecule has 0 amide bonds. The van der Waals surface area contributed by atoms with Crippen molar-refractivity contribution in [3.8, 4) is 11.5 Å². The van der Waals surface area contributed by atoms with Crippen molar-refractivity contribution in [1.29, 1.82) is 0 Å². The molecule has 0 bridgehead atoms. The SMILES string of the molecule is CCCCCCCCCCCC(P)C(C(C)OC(=O)Oc1ccc(S(=O)(=O)O)cc1)C(C)OC(=O)Oc1ccc(S(=O)(=O)O)cc1.Cl.[H-].[H-].[Na+].[Na+]. The average molecular weight is 789 g/mol. The molecule has 0 saturated carbocycles. The monoisotopic (exact) mass is 788 g/mol. The minimum Gasteiger partial charge on any atom is -1.00 e. The predicted octanol–water partition coefficient (Wildman–Crippen LogP) is 2.12. The average Bonchev–Trinajstić information content (AvgIpc) is 2.95. The van der Waals surface area contributed by atoms with Crippen LogP contribution in [0.1, 0.15) is 87.8 Å². The van der Waals surface area contributed by atoms with Crippen LogP contribution < -0.4 is 68.6 Å². The van der Waals surface area contributed by atoms with Gasteiger partial charge in [0.1, 0.15) is 23.7 Å². The van der Waals surface area contributed by atoms with E-state index in [2.05, 4.69) is 16.2 Å². The third-order valence-corrected chi connectivity index (χ3v) is 9.94. The molecule has 0 heterocycles. The summed E-state index contributed by atoms with van der Waals surface area (Å²) in [5, 5.41) is 0. The van der Waals surface area contributed by atoms with Crippen molar-refractivity contribution in [2.24, 2.45) is 5.92 Å². The van der Waals surface area contributed by atoms with Gasteiger partial charge in [0.25, 0.3) is 20.2 Å². The molecule has 0 spiro atoms. The van der Waals surface area contributed by atoms with Crippen molar-refractivity contribution < 1.29 is 116 Å². The van der Waals surface area contributed by atoms with Gasteiger partial charge in [-0.15, -0.1) is 21.6 Å². The van der Waals surface area contributed by atoms with Crippen LogP contribution in [0.25, 0.3) is 0 Å². The molecule has 0 radical (unpaired) electrons. The van der Waals surface area contributed by atoms with Crippen LogP contribution >= 0.6 is 21.6 Å². The Morgan fingerprint density at radius 3 is 1.33 bits per heavy atom. The second kappa shape index (κ2) is 25.5. The van der Waals surface area contributed by atoms with E-state index in [9.17, 15) is 26.4 Å². The van der Waals surface area contributed by atoms with Gasteiger partial charge in [0.2, 0.25) is 0 Å². The maximum Gasteiger partial charge on any atom is 1.00 e. The number of ether oxygens (including phenoxy) is 4. The van der Waals surface area contributed by atoms with E-state index in [4.69, 9.17) is 28.1 Å². The van der Waals surface area contributed by atoms with Crippen molar-refractivity contribution in [3.05, 3.63) is 48.5 Å². The number of benzene rings is 2. The van der Waals surface area contributed by atoms with Gasteiger partial charge in [-0.05, 0) is 74.5 Å². The second-order valence-electron chi connectivity index (χ2n) is 11.1. The molecule has 0 aliphatic carbocycles. The van der Waals surface area contributed by atoms with Gasteiger partial charge in [0, 0.05) is 5.92 Å². The Bertz CT molecular complexity index is 1380. The number of carbonyl (C=O) groups excluding carboxylic acids is 2. The Balaban J connectivity index is -0.00000221. The Morgan fingerprint density at radius 1 is 0.673 bits per heavy atom. The van der Waals surface area contributed by atoms with Crippen LogP contribution in [0.5, 0.6) is 11.5 Å². The van der Waals surface area contributed by atoms with Crippen LogP contribution in [-0.4, -0.2) is 56.1 Å². The molecule has 270 valence electrons. The molecular weight excluding hydrogens is 741 g/mol. The zero-order chi connectivity index (χ0) is 34.3. The molecule has 18 heteroatoms. The number of carbonyl (C=O) groups is 2. The number of halogens is 1.